The van der Waals surface area contributed by atoms with E-state index in [1.54, 1.807) is 31.2 Å². The second-order valence-electron chi connectivity index (χ2n) is 7.31. The molecule has 0 atom stereocenters. The molecule has 0 unspecified atom stereocenters. The number of para-hydroxylation sites is 2. The topological polar surface area (TPSA) is 114 Å². The number of amides is 2. The zero-order valence-corrected chi connectivity index (χ0v) is 19.4. The van der Waals surface area contributed by atoms with Gasteiger partial charge in [-0.05, 0) is 61.0 Å². The van der Waals surface area contributed by atoms with Crippen molar-refractivity contribution in [2.24, 2.45) is 0 Å². The zero-order valence-electron chi connectivity index (χ0n) is 18.6. The van der Waals surface area contributed by atoms with E-state index in [0.717, 1.165) is 6.07 Å². The quantitative estimate of drug-likeness (QED) is 0.403. The van der Waals surface area contributed by atoms with E-state index in [-0.39, 0.29) is 29.1 Å². The molecule has 3 rings (SSSR count). The highest BCUT2D eigenvalue weighted by Crippen LogP contribution is 2.26. The number of carbonyl (C=O) groups is 2. The fourth-order valence-electron chi connectivity index (χ4n) is 3.01. The minimum absolute atomic E-state index is 0.0208. The van der Waals surface area contributed by atoms with Crippen molar-refractivity contribution < 1.29 is 27.1 Å². The van der Waals surface area contributed by atoms with Crippen LogP contribution in [0.3, 0.4) is 0 Å². The van der Waals surface area contributed by atoms with Crippen LogP contribution >= 0.6 is 0 Å². The highest BCUT2D eigenvalue weighted by molar-refractivity contribution is 7.92. The maximum atomic E-state index is 13.6. The molecule has 34 heavy (non-hydrogen) atoms. The summed E-state index contributed by atoms with van der Waals surface area (Å²) in [6.45, 7) is 1.87. The number of sulfonamides is 1. The van der Waals surface area contributed by atoms with Crippen LogP contribution in [0.25, 0.3) is 0 Å². The first-order valence-corrected chi connectivity index (χ1v) is 11.8. The molecule has 3 aromatic carbocycles. The van der Waals surface area contributed by atoms with E-state index in [2.05, 4.69) is 15.4 Å². The Kier molecular flexibility index (Phi) is 7.85. The highest BCUT2D eigenvalue weighted by Gasteiger charge is 2.17. The summed E-state index contributed by atoms with van der Waals surface area (Å²) in [5.41, 5.74) is 1.18. The van der Waals surface area contributed by atoms with Crippen LogP contribution < -0.4 is 20.1 Å². The predicted octanol–water partition coefficient (Wildman–Crippen LogP) is 3.10. The third-order valence-corrected chi connectivity index (χ3v) is 6.29. The lowest BCUT2D eigenvalue weighted by Gasteiger charge is -2.12. The normalized spacial score (nSPS) is 10.9. The van der Waals surface area contributed by atoms with Gasteiger partial charge in [-0.3, -0.25) is 14.3 Å². The molecule has 0 heterocycles. The summed E-state index contributed by atoms with van der Waals surface area (Å²) in [6.07, 6.45) is 0. The number of halogens is 1. The lowest BCUT2D eigenvalue weighted by atomic mass is 10.1. The molecule has 178 valence electrons. The molecule has 0 aliphatic rings. The van der Waals surface area contributed by atoms with Gasteiger partial charge in [-0.2, -0.15) is 0 Å². The van der Waals surface area contributed by atoms with Crippen LogP contribution in [-0.4, -0.2) is 40.4 Å². The maximum absolute atomic E-state index is 13.6. The first-order valence-electron chi connectivity index (χ1n) is 10.3. The van der Waals surface area contributed by atoms with E-state index < -0.39 is 27.7 Å². The SMILES string of the molecule is COc1ccccc1NS(=O)(=O)c1ccc(C(=O)NCCNC(=O)c2ccc(C)c(F)c2)cc1. The van der Waals surface area contributed by atoms with Crippen LogP contribution in [0, 0.1) is 12.7 Å². The van der Waals surface area contributed by atoms with Gasteiger partial charge in [0.15, 0.2) is 0 Å². The van der Waals surface area contributed by atoms with Gasteiger partial charge >= 0.3 is 0 Å². The van der Waals surface area contributed by atoms with Crippen molar-refractivity contribution in [3.05, 3.63) is 89.2 Å². The van der Waals surface area contributed by atoms with Crippen LogP contribution in [0.4, 0.5) is 10.1 Å². The van der Waals surface area contributed by atoms with Crippen LogP contribution in [0.5, 0.6) is 5.75 Å². The molecule has 0 saturated carbocycles. The van der Waals surface area contributed by atoms with Crippen molar-refractivity contribution in [2.45, 2.75) is 11.8 Å². The summed E-state index contributed by atoms with van der Waals surface area (Å²) < 4.78 is 46.5. The molecule has 0 aliphatic heterocycles. The molecule has 0 fully saturated rings. The number of nitrogens with one attached hydrogen (secondary N) is 3. The van der Waals surface area contributed by atoms with E-state index in [0.29, 0.717) is 17.0 Å². The molecule has 3 aromatic rings. The van der Waals surface area contributed by atoms with Crippen LogP contribution in [0.1, 0.15) is 26.3 Å². The van der Waals surface area contributed by atoms with Crippen molar-refractivity contribution in [1.29, 1.82) is 0 Å². The van der Waals surface area contributed by atoms with Crippen LogP contribution in [0.2, 0.25) is 0 Å². The van der Waals surface area contributed by atoms with Crippen molar-refractivity contribution in [3.63, 3.8) is 0 Å². The molecule has 0 saturated heterocycles. The summed E-state index contributed by atoms with van der Waals surface area (Å²) >= 11 is 0. The Morgan fingerprint density at radius 1 is 0.882 bits per heavy atom. The largest absolute Gasteiger partial charge is 0.495 e. The van der Waals surface area contributed by atoms with Gasteiger partial charge in [-0.25, -0.2) is 12.8 Å². The molecule has 0 bridgehead atoms. The fraction of sp³-hybridized carbons (Fsp3) is 0.167. The van der Waals surface area contributed by atoms with E-state index in [1.165, 1.54) is 43.5 Å². The van der Waals surface area contributed by atoms with Gasteiger partial charge < -0.3 is 15.4 Å². The van der Waals surface area contributed by atoms with Gasteiger partial charge in [0.1, 0.15) is 11.6 Å². The molecule has 8 nitrogen and oxygen atoms in total. The number of ether oxygens (including phenoxy) is 1. The van der Waals surface area contributed by atoms with Gasteiger partial charge in [0.05, 0.1) is 17.7 Å². The smallest absolute Gasteiger partial charge is 0.262 e. The maximum Gasteiger partial charge on any atom is 0.262 e. The second kappa shape index (κ2) is 10.8. The zero-order chi connectivity index (χ0) is 24.7. The minimum Gasteiger partial charge on any atom is -0.495 e. The van der Waals surface area contributed by atoms with E-state index >= 15 is 0 Å². The number of rotatable bonds is 9. The summed E-state index contributed by atoms with van der Waals surface area (Å²) in [5.74, 6) is -0.978. The van der Waals surface area contributed by atoms with E-state index in [1.807, 2.05) is 0 Å². The molecule has 0 radical (unpaired) electrons. The summed E-state index contributed by atoms with van der Waals surface area (Å²) in [6, 6.07) is 16.2. The first-order chi connectivity index (χ1) is 16.2. The Balaban J connectivity index is 1.53. The fourth-order valence-corrected chi connectivity index (χ4v) is 4.08. The van der Waals surface area contributed by atoms with Gasteiger partial charge in [0.25, 0.3) is 21.8 Å². The molecule has 0 aromatic heterocycles. The highest BCUT2D eigenvalue weighted by atomic mass is 32.2. The Bertz CT molecular complexity index is 1290. The van der Waals surface area contributed by atoms with Gasteiger partial charge in [-0.15, -0.1) is 0 Å². The number of benzene rings is 3. The number of anilines is 1. The standard InChI is InChI=1S/C24H24FN3O5S/c1-16-7-8-18(15-20(16)25)24(30)27-14-13-26-23(29)17-9-11-19(12-10-17)34(31,32)28-21-5-3-4-6-22(21)33-2/h3-12,15,28H,13-14H2,1-2H3,(H,26,29)(H,27,30). The van der Waals surface area contributed by atoms with Crippen LogP contribution in [-0.2, 0) is 10.0 Å². The van der Waals surface area contributed by atoms with Gasteiger partial charge in [-0.1, -0.05) is 18.2 Å². The summed E-state index contributed by atoms with van der Waals surface area (Å²) in [7, 11) is -2.45. The summed E-state index contributed by atoms with van der Waals surface area (Å²) in [5, 5.41) is 5.23. The molecule has 3 N–H and O–H groups in total. The Morgan fingerprint density at radius 2 is 1.47 bits per heavy atom. The van der Waals surface area contributed by atoms with Crippen molar-refractivity contribution >= 4 is 27.5 Å². The average Bonchev–Trinajstić information content (AvgIpc) is 2.83. The second-order valence-corrected chi connectivity index (χ2v) is 8.99. The van der Waals surface area contributed by atoms with Crippen molar-refractivity contribution in [2.75, 3.05) is 24.9 Å². The number of hydrogen-bond donors (Lipinski definition) is 3. The average molecular weight is 486 g/mol. The minimum atomic E-state index is -3.89. The molecular formula is C24H24FN3O5S. The third kappa shape index (κ3) is 6.10. The van der Waals surface area contributed by atoms with E-state index in [9.17, 15) is 22.4 Å². The number of aryl methyl sites for hydroxylation is 1. The summed E-state index contributed by atoms with van der Waals surface area (Å²) in [4.78, 5) is 24.4. The van der Waals surface area contributed by atoms with Crippen LogP contribution in [0.15, 0.2) is 71.6 Å². The monoisotopic (exact) mass is 485 g/mol. The molecule has 0 aliphatic carbocycles. The Labute approximate surface area is 197 Å². The molecule has 10 heteroatoms. The Morgan fingerprint density at radius 3 is 2.09 bits per heavy atom. The van der Waals surface area contributed by atoms with Crippen molar-refractivity contribution in [3.8, 4) is 5.75 Å². The number of hydrogen-bond acceptors (Lipinski definition) is 5. The lowest BCUT2D eigenvalue weighted by Crippen LogP contribution is -2.34. The van der Waals surface area contributed by atoms with Gasteiger partial charge in [0.2, 0.25) is 0 Å². The Hall–Kier alpha value is -3.92. The lowest BCUT2D eigenvalue weighted by molar-refractivity contribution is 0.0927. The van der Waals surface area contributed by atoms with E-state index in [4.69, 9.17) is 4.74 Å². The number of methoxy groups -OCH3 is 1. The first kappa shape index (κ1) is 24.7. The van der Waals surface area contributed by atoms with Crippen molar-refractivity contribution in [1.82, 2.24) is 10.6 Å². The third-order valence-electron chi connectivity index (χ3n) is 4.91. The van der Waals surface area contributed by atoms with Gasteiger partial charge in [0, 0.05) is 24.2 Å². The number of carbonyl (C=O) groups excluding carboxylic acids is 2. The molecule has 0 spiro atoms. The molecular weight excluding hydrogens is 461 g/mol. The predicted molar refractivity (Wildman–Crippen MR) is 126 cm³/mol. The molecule has 2 amide bonds.